The number of carbonyl (C=O) groups is 1. The second kappa shape index (κ2) is 3.48. The van der Waals surface area contributed by atoms with E-state index in [1.807, 2.05) is 0 Å². The highest BCUT2D eigenvalue weighted by Gasteiger charge is 2.23. The molecule has 3 rings (SSSR count). The van der Waals surface area contributed by atoms with Crippen molar-refractivity contribution in [1.29, 1.82) is 0 Å². The van der Waals surface area contributed by atoms with Crippen LogP contribution in [-0.2, 0) is 6.54 Å². The van der Waals surface area contributed by atoms with Gasteiger partial charge in [0.2, 0.25) is 0 Å². The summed E-state index contributed by atoms with van der Waals surface area (Å²) >= 11 is 0. The Morgan fingerprint density at radius 1 is 1.47 bits per heavy atom. The fourth-order valence-electron chi connectivity index (χ4n) is 2.04. The average molecular weight is 232 g/mol. The number of aromatic nitrogens is 2. The Morgan fingerprint density at radius 2 is 2.24 bits per heavy atom. The molecule has 2 N–H and O–H groups in total. The second-order valence-corrected chi connectivity index (χ2v) is 4.52. The Morgan fingerprint density at radius 3 is 2.88 bits per heavy atom. The Kier molecular flexibility index (Phi) is 2.07. The standard InChI is InChI=1S/C12H12N2O3/c15-11(16)8-3-4-10-9(5-8)13-12(17)14(10)6-7-1-2-7/h3-5,7H,1-2,6H2,(H,13,17)(H,15,16). The lowest BCUT2D eigenvalue weighted by atomic mass is 10.2. The zero-order valence-electron chi connectivity index (χ0n) is 9.14. The Hall–Kier alpha value is -2.04. The molecule has 2 aromatic rings. The topological polar surface area (TPSA) is 75.1 Å². The van der Waals surface area contributed by atoms with Crippen LogP contribution in [0.25, 0.3) is 11.0 Å². The van der Waals surface area contributed by atoms with Gasteiger partial charge < -0.3 is 10.1 Å². The maximum atomic E-state index is 11.7. The molecule has 0 saturated heterocycles. The third-order valence-electron chi connectivity index (χ3n) is 3.16. The van der Waals surface area contributed by atoms with Crippen molar-refractivity contribution in [3.8, 4) is 0 Å². The Bertz CT molecular complexity index is 649. The molecule has 0 bridgehead atoms. The van der Waals surface area contributed by atoms with Gasteiger partial charge in [0, 0.05) is 6.54 Å². The minimum atomic E-state index is -0.984. The molecule has 1 aromatic heterocycles. The molecule has 1 saturated carbocycles. The zero-order valence-corrected chi connectivity index (χ0v) is 9.14. The minimum Gasteiger partial charge on any atom is -0.478 e. The quantitative estimate of drug-likeness (QED) is 0.840. The fourth-order valence-corrected chi connectivity index (χ4v) is 2.04. The number of hydrogen-bond donors (Lipinski definition) is 2. The molecule has 0 aliphatic heterocycles. The summed E-state index contributed by atoms with van der Waals surface area (Å²) in [4.78, 5) is 25.3. The summed E-state index contributed by atoms with van der Waals surface area (Å²) in [6, 6.07) is 4.73. The van der Waals surface area contributed by atoms with Crippen LogP contribution in [0.1, 0.15) is 23.2 Å². The number of nitrogens with zero attached hydrogens (tertiary/aromatic N) is 1. The van der Waals surface area contributed by atoms with Gasteiger partial charge >= 0.3 is 11.7 Å². The largest absolute Gasteiger partial charge is 0.478 e. The van der Waals surface area contributed by atoms with E-state index in [4.69, 9.17) is 5.11 Å². The molecule has 88 valence electrons. The summed E-state index contributed by atoms with van der Waals surface area (Å²) < 4.78 is 1.69. The molecule has 1 aliphatic rings. The molecular formula is C12H12N2O3. The van der Waals surface area contributed by atoms with Crippen LogP contribution in [0.3, 0.4) is 0 Å². The van der Waals surface area contributed by atoms with E-state index in [9.17, 15) is 9.59 Å². The molecule has 17 heavy (non-hydrogen) atoms. The van der Waals surface area contributed by atoms with Gasteiger partial charge in [-0.25, -0.2) is 9.59 Å². The van der Waals surface area contributed by atoms with E-state index in [1.54, 1.807) is 10.6 Å². The van der Waals surface area contributed by atoms with Gasteiger partial charge in [-0.1, -0.05) is 0 Å². The van der Waals surface area contributed by atoms with Crippen LogP contribution in [0.2, 0.25) is 0 Å². The molecule has 1 heterocycles. The van der Waals surface area contributed by atoms with Crippen LogP contribution in [-0.4, -0.2) is 20.6 Å². The van der Waals surface area contributed by atoms with Gasteiger partial charge in [0.25, 0.3) is 0 Å². The first-order valence-corrected chi connectivity index (χ1v) is 5.61. The lowest BCUT2D eigenvalue weighted by molar-refractivity contribution is 0.0697. The normalized spacial score (nSPS) is 15.3. The summed E-state index contributed by atoms with van der Waals surface area (Å²) in [7, 11) is 0. The first-order chi connectivity index (χ1) is 8.15. The smallest absolute Gasteiger partial charge is 0.335 e. The minimum absolute atomic E-state index is 0.158. The van der Waals surface area contributed by atoms with Gasteiger partial charge in [-0.3, -0.25) is 4.57 Å². The lowest BCUT2D eigenvalue weighted by Crippen LogP contribution is -2.17. The summed E-state index contributed by atoms with van der Waals surface area (Å²) in [5.74, 6) is -0.381. The molecule has 0 amide bonds. The van der Waals surface area contributed by atoms with Crippen molar-refractivity contribution in [2.45, 2.75) is 19.4 Å². The fraction of sp³-hybridized carbons (Fsp3) is 0.333. The van der Waals surface area contributed by atoms with Gasteiger partial charge in [0.1, 0.15) is 0 Å². The number of hydrogen-bond acceptors (Lipinski definition) is 2. The van der Waals surface area contributed by atoms with Gasteiger partial charge in [-0.2, -0.15) is 0 Å². The van der Waals surface area contributed by atoms with Gasteiger partial charge in [-0.05, 0) is 37.0 Å². The van der Waals surface area contributed by atoms with E-state index >= 15 is 0 Å². The highest BCUT2D eigenvalue weighted by atomic mass is 16.4. The summed E-state index contributed by atoms with van der Waals surface area (Å²) in [5.41, 5.74) is 1.41. The highest BCUT2D eigenvalue weighted by molar-refractivity contribution is 5.92. The van der Waals surface area contributed by atoms with Crippen molar-refractivity contribution < 1.29 is 9.90 Å². The van der Waals surface area contributed by atoms with Crippen molar-refractivity contribution in [3.63, 3.8) is 0 Å². The zero-order chi connectivity index (χ0) is 12.0. The third kappa shape index (κ3) is 1.73. The number of carboxylic acids is 1. The van der Waals surface area contributed by atoms with Gasteiger partial charge in [0.15, 0.2) is 0 Å². The average Bonchev–Trinajstić information content (AvgIpc) is 3.04. The van der Waals surface area contributed by atoms with Crippen LogP contribution in [0.15, 0.2) is 23.0 Å². The molecule has 1 fully saturated rings. The highest BCUT2D eigenvalue weighted by Crippen LogP contribution is 2.31. The van der Waals surface area contributed by atoms with Crippen molar-refractivity contribution in [1.82, 2.24) is 9.55 Å². The van der Waals surface area contributed by atoms with Gasteiger partial charge in [-0.15, -0.1) is 0 Å². The first kappa shape index (κ1) is 10.1. The Labute approximate surface area is 96.7 Å². The molecule has 0 spiro atoms. The number of H-pyrrole nitrogens is 1. The molecule has 5 heteroatoms. The third-order valence-corrected chi connectivity index (χ3v) is 3.16. The maximum absolute atomic E-state index is 11.7. The molecule has 0 unspecified atom stereocenters. The predicted octanol–water partition coefficient (Wildman–Crippen LogP) is 1.44. The SMILES string of the molecule is O=C(O)c1ccc2c(c1)[nH]c(=O)n2CC1CC1. The second-order valence-electron chi connectivity index (χ2n) is 4.52. The number of aromatic amines is 1. The monoisotopic (exact) mass is 232 g/mol. The van der Waals surface area contributed by atoms with E-state index in [-0.39, 0.29) is 11.3 Å². The number of benzene rings is 1. The summed E-state index contributed by atoms with van der Waals surface area (Å²) in [6.45, 7) is 0.727. The van der Waals surface area contributed by atoms with Crippen LogP contribution >= 0.6 is 0 Å². The van der Waals surface area contributed by atoms with Crippen molar-refractivity contribution in [3.05, 3.63) is 34.2 Å². The number of nitrogens with one attached hydrogen (secondary N) is 1. The van der Waals surface area contributed by atoms with Crippen LogP contribution < -0.4 is 5.69 Å². The van der Waals surface area contributed by atoms with E-state index in [0.29, 0.717) is 11.4 Å². The van der Waals surface area contributed by atoms with Crippen LogP contribution in [0.4, 0.5) is 0 Å². The maximum Gasteiger partial charge on any atom is 0.335 e. The van der Waals surface area contributed by atoms with Crippen LogP contribution in [0.5, 0.6) is 0 Å². The molecular weight excluding hydrogens is 220 g/mol. The molecule has 0 atom stereocenters. The number of aromatic carboxylic acids is 1. The number of carboxylic acid groups (broad SMARTS) is 1. The molecule has 1 aliphatic carbocycles. The van der Waals surface area contributed by atoms with E-state index in [0.717, 1.165) is 12.1 Å². The first-order valence-electron chi connectivity index (χ1n) is 5.61. The molecule has 5 nitrogen and oxygen atoms in total. The summed E-state index contributed by atoms with van der Waals surface area (Å²) in [5, 5.41) is 8.88. The summed E-state index contributed by atoms with van der Waals surface area (Å²) in [6.07, 6.45) is 2.35. The Balaban J connectivity index is 2.13. The molecule has 1 aromatic carbocycles. The lowest BCUT2D eigenvalue weighted by Gasteiger charge is -2.01. The number of fused-ring (bicyclic) bond motifs is 1. The van der Waals surface area contributed by atoms with E-state index in [2.05, 4.69) is 4.98 Å². The predicted molar refractivity (Wildman–Crippen MR) is 62.2 cm³/mol. The molecule has 0 radical (unpaired) electrons. The van der Waals surface area contributed by atoms with Gasteiger partial charge in [0.05, 0.1) is 16.6 Å². The van der Waals surface area contributed by atoms with E-state index < -0.39 is 5.97 Å². The number of rotatable bonds is 3. The van der Waals surface area contributed by atoms with Crippen LogP contribution in [0, 0.1) is 5.92 Å². The van der Waals surface area contributed by atoms with Crippen molar-refractivity contribution in [2.75, 3.05) is 0 Å². The van der Waals surface area contributed by atoms with E-state index in [1.165, 1.54) is 25.0 Å². The number of imidazole rings is 1. The van der Waals surface area contributed by atoms with Crippen molar-refractivity contribution >= 4 is 17.0 Å². The van der Waals surface area contributed by atoms with Crippen molar-refractivity contribution in [2.24, 2.45) is 5.92 Å².